The van der Waals surface area contributed by atoms with Gasteiger partial charge in [0, 0.05) is 23.7 Å². The first-order chi connectivity index (χ1) is 12.7. The summed E-state index contributed by atoms with van der Waals surface area (Å²) in [6.45, 7) is 2.04. The van der Waals surface area contributed by atoms with E-state index in [1.807, 2.05) is 67.7 Å². The molecule has 0 spiro atoms. The van der Waals surface area contributed by atoms with Crippen LogP contribution in [0.2, 0.25) is 0 Å². The SMILES string of the molecule is CN(C)COc1ccc(-c2cc3nc(NCCCN)ccc3cn2)cc1. The molecule has 3 N–H and O–H groups in total. The molecule has 0 bridgehead atoms. The Morgan fingerprint density at radius 1 is 1.12 bits per heavy atom. The quantitative estimate of drug-likeness (QED) is 0.480. The maximum Gasteiger partial charge on any atom is 0.141 e. The van der Waals surface area contributed by atoms with E-state index in [4.69, 9.17) is 10.5 Å². The van der Waals surface area contributed by atoms with Crippen molar-refractivity contribution in [2.24, 2.45) is 5.73 Å². The fourth-order valence-electron chi connectivity index (χ4n) is 2.52. The van der Waals surface area contributed by atoms with Gasteiger partial charge in [0.1, 0.15) is 18.3 Å². The summed E-state index contributed by atoms with van der Waals surface area (Å²) in [5.41, 5.74) is 8.38. The highest BCUT2D eigenvalue weighted by molar-refractivity contribution is 5.83. The van der Waals surface area contributed by atoms with E-state index in [9.17, 15) is 0 Å². The third-order valence-corrected chi connectivity index (χ3v) is 3.90. The van der Waals surface area contributed by atoms with Gasteiger partial charge in [-0.15, -0.1) is 0 Å². The van der Waals surface area contributed by atoms with Gasteiger partial charge in [-0.2, -0.15) is 0 Å². The smallest absolute Gasteiger partial charge is 0.141 e. The van der Waals surface area contributed by atoms with Crippen LogP contribution in [0.4, 0.5) is 5.82 Å². The predicted octanol–water partition coefficient (Wildman–Crippen LogP) is 2.96. The Hall–Kier alpha value is -2.70. The van der Waals surface area contributed by atoms with Crippen molar-refractivity contribution in [3.8, 4) is 17.0 Å². The van der Waals surface area contributed by atoms with Gasteiger partial charge in [0.15, 0.2) is 0 Å². The van der Waals surface area contributed by atoms with E-state index < -0.39 is 0 Å². The zero-order valence-corrected chi connectivity index (χ0v) is 15.3. The number of hydrogen-bond donors (Lipinski definition) is 2. The molecule has 0 aliphatic carbocycles. The first kappa shape index (κ1) is 18.1. The summed E-state index contributed by atoms with van der Waals surface area (Å²) in [5, 5.41) is 4.31. The zero-order chi connectivity index (χ0) is 18.4. The molecule has 136 valence electrons. The van der Waals surface area contributed by atoms with Crippen LogP contribution in [-0.2, 0) is 0 Å². The molecule has 26 heavy (non-hydrogen) atoms. The second kappa shape index (κ2) is 8.60. The van der Waals surface area contributed by atoms with Crippen molar-refractivity contribution in [1.29, 1.82) is 0 Å². The molecule has 0 saturated carbocycles. The van der Waals surface area contributed by atoms with Crippen LogP contribution in [0, 0.1) is 0 Å². The third-order valence-electron chi connectivity index (χ3n) is 3.90. The first-order valence-electron chi connectivity index (χ1n) is 8.74. The Morgan fingerprint density at radius 3 is 2.65 bits per heavy atom. The molecular formula is C20H25N5O. The van der Waals surface area contributed by atoms with Crippen LogP contribution in [0.3, 0.4) is 0 Å². The lowest BCUT2D eigenvalue weighted by Gasteiger charge is -2.12. The lowest BCUT2D eigenvalue weighted by molar-refractivity contribution is 0.179. The Bertz CT molecular complexity index is 848. The Kier molecular flexibility index (Phi) is 5.99. The summed E-state index contributed by atoms with van der Waals surface area (Å²) in [6.07, 6.45) is 2.78. The molecule has 0 aliphatic rings. The molecule has 0 unspecified atom stereocenters. The highest BCUT2D eigenvalue weighted by Crippen LogP contribution is 2.24. The number of anilines is 1. The molecule has 3 rings (SSSR count). The fraction of sp³-hybridized carbons (Fsp3) is 0.300. The molecule has 0 saturated heterocycles. The van der Waals surface area contributed by atoms with Crippen molar-refractivity contribution < 1.29 is 4.74 Å². The standard InChI is InChI=1S/C20H25N5O/c1-25(2)14-26-17-7-4-15(5-8-17)18-12-19-16(13-23-18)6-9-20(24-19)22-11-3-10-21/h4-9,12-13H,3,10-11,14,21H2,1-2H3,(H,22,24). The van der Waals surface area contributed by atoms with Gasteiger partial charge in [-0.25, -0.2) is 4.98 Å². The van der Waals surface area contributed by atoms with Gasteiger partial charge in [0.25, 0.3) is 0 Å². The van der Waals surface area contributed by atoms with E-state index in [-0.39, 0.29) is 0 Å². The lowest BCUT2D eigenvalue weighted by Crippen LogP contribution is -2.18. The number of nitrogens with one attached hydrogen (secondary N) is 1. The number of fused-ring (bicyclic) bond motifs is 1. The number of benzene rings is 1. The van der Waals surface area contributed by atoms with Crippen molar-refractivity contribution in [2.75, 3.05) is 39.2 Å². The van der Waals surface area contributed by atoms with Crippen LogP contribution in [0.5, 0.6) is 5.75 Å². The Labute approximate surface area is 154 Å². The van der Waals surface area contributed by atoms with Gasteiger partial charge < -0.3 is 15.8 Å². The average molecular weight is 351 g/mol. The zero-order valence-electron chi connectivity index (χ0n) is 15.3. The summed E-state index contributed by atoms with van der Waals surface area (Å²) in [5.74, 6) is 1.70. The summed E-state index contributed by atoms with van der Waals surface area (Å²) < 4.78 is 5.67. The molecule has 2 aromatic heterocycles. The van der Waals surface area contributed by atoms with Crippen LogP contribution < -0.4 is 15.8 Å². The van der Waals surface area contributed by atoms with E-state index in [0.29, 0.717) is 13.3 Å². The summed E-state index contributed by atoms with van der Waals surface area (Å²) in [6, 6.07) is 14.0. The van der Waals surface area contributed by atoms with Crippen molar-refractivity contribution in [3.63, 3.8) is 0 Å². The number of hydrogen-bond acceptors (Lipinski definition) is 6. The average Bonchev–Trinajstić information content (AvgIpc) is 2.66. The monoisotopic (exact) mass is 351 g/mol. The maximum atomic E-state index is 5.67. The van der Waals surface area contributed by atoms with Gasteiger partial charge in [-0.05, 0) is 69.5 Å². The van der Waals surface area contributed by atoms with Crippen LogP contribution in [-0.4, -0.2) is 48.8 Å². The van der Waals surface area contributed by atoms with Crippen LogP contribution >= 0.6 is 0 Å². The van der Waals surface area contributed by atoms with Crippen LogP contribution in [0.15, 0.2) is 48.7 Å². The minimum absolute atomic E-state index is 0.553. The van der Waals surface area contributed by atoms with Crippen LogP contribution in [0.25, 0.3) is 22.2 Å². The second-order valence-electron chi connectivity index (χ2n) is 6.41. The fourth-order valence-corrected chi connectivity index (χ4v) is 2.52. The molecule has 6 nitrogen and oxygen atoms in total. The van der Waals surface area contributed by atoms with E-state index in [1.165, 1.54) is 0 Å². The van der Waals surface area contributed by atoms with Gasteiger partial charge in [0.05, 0.1) is 11.2 Å². The highest BCUT2D eigenvalue weighted by atomic mass is 16.5. The Morgan fingerprint density at radius 2 is 1.92 bits per heavy atom. The number of nitrogens with two attached hydrogens (primary N) is 1. The molecule has 6 heteroatoms. The molecule has 0 amide bonds. The number of aromatic nitrogens is 2. The lowest BCUT2D eigenvalue weighted by atomic mass is 10.1. The Balaban J connectivity index is 1.78. The van der Waals surface area contributed by atoms with Crippen molar-refractivity contribution in [3.05, 3.63) is 48.7 Å². The van der Waals surface area contributed by atoms with E-state index in [2.05, 4.69) is 15.3 Å². The maximum absolute atomic E-state index is 5.67. The molecule has 0 fully saturated rings. The van der Waals surface area contributed by atoms with Crippen molar-refractivity contribution in [2.45, 2.75) is 6.42 Å². The number of rotatable bonds is 8. The van der Waals surface area contributed by atoms with E-state index >= 15 is 0 Å². The minimum atomic E-state index is 0.553. The topological polar surface area (TPSA) is 76.3 Å². The molecule has 0 aliphatic heterocycles. The number of ether oxygens (including phenoxy) is 1. The normalized spacial score (nSPS) is 11.1. The van der Waals surface area contributed by atoms with Gasteiger partial charge in [0.2, 0.25) is 0 Å². The van der Waals surface area contributed by atoms with Crippen LogP contribution in [0.1, 0.15) is 6.42 Å². The van der Waals surface area contributed by atoms with E-state index in [1.54, 1.807) is 0 Å². The van der Waals surface area contributed by atoms with Gasteiger partial charge in [-0.1, -0.05) is 0 Å². The summed E-state index contributed by atoms with van der Waals surface area (Å²) >= 11 is 0. The summed E-state index contributed by atoms with van der Waals surface area (Å²) in [7, 11) is 3.94. The van der Waals surface area contributed by atoms with Gasteiger partial charge in [-0.3, -0.25) is 9.88 Å². The van der Waals surface area contributed by atoms with Crippen molar-refractivity contribution >= 4 is 16.7 Å². The van der Waals surface area contributed by atoms with E-state index in [0.717, 1.165) is 46.7 Å². The molecule has 0 radical (unpaired) electrons. The van der Waals surface area contributed by atoms with Gasteiger partial charge >= 0.3 is 0 Å². The number of nitrogens with zero attached hydrogens (tertiary/aromatic N) is 3. The van der Waals surface area contributed by atoms with Crippen molar-refractivity contribution in [1.82, 2.24) is 14.9 Å². The molecular weight excluding hydrogens is 326 g/mol. The predicted molar refractivity (Wildman–Crippen MR) is 106 cm³/mol. The second-order valence-corrected chi connectivity index (χ2v) is 6.41. The largest absolute Gasteiger partial charge is 0.478 e. The highest BCUT2D eigenvalue weighted by Gasteiger charge is 2.05. The first-order valence-corrected chi connectivity index (χ1v) is 8.74. The minimum Gasteiger partial charge on any atom is -0.478 e. The summed E-state index contributed by atoms with van der Waals surface area (Å²) in [4.78, 5) is 11.2. The molecule has 1 aromatic carbocycles. The molecule has 0 atom stereocenters. The number of pyridine rings is 2. The third kappa shape index (κ3) is 4.68. The molecule has 2 heterocycles. The molecule has 3 aromatic rings.